The molecule has 0 N–H and O–H groups in total. The van der Waals surface area contributed by atoms with Gasteiger partial charge in [0, 0.05) is 0 Å². The van der Waals surface area contributed by atoms with Gasteiger partial charge in [0.15, 0.2) is 0 Å². The zero-order chi connectivity index (χ0) is 21.3. The first-order chi connectivity index (χ1) is 14.3. The Hall–Kier alpha value is 0. The van der Waals surface area contributed by atoms with Crippen molar-refractivity contribution in [1.82, 2.24) is 0 Å². The molecule has 176 valence electrons. The third kappa shape index (κ3) is 24.1. The van der Waals surface area contributed by atoms with Crippen LogP contribution in [0.4, 0.5) is 0 Å². The monoisotopic (exact) mass is 408 g/mol. The van der Waals surface area contributed by atoms with E-state index in [-0.39, 0.29) is 0 Å². The smallest absolute Gasteiger partial charge is 0.0414 e. The highest BCUT2D eigenvalue weighted by Crippen LogP contribution is 2.23. The summed E-state index contributed by atoms with van der Waals surface area (Å²) in [6, 6.07) is 0. The Labute approximate surface area is 187 Å². The van der Waals surface area contributed by atoms with E-state index in [0.29, 0.717) is 0 Å². The normalized spacial score (nSPS) is 12.5. The summed E-state index contributed by atoms with van der Waals surface area (Å²) in [4.78, 5) is 0. The molecule has 0 nitrogen and oxygen atoms in total. The van der Waals surface area contributed by atoms with Crippen LogP contribution in [0.1, 0.15) is 181 Å². The molecule has 0 aliphatic carbocycles. The number of hydrogen-bond acceptors (Lipinski definition) is 0. The summed E-state index contributed by atoms with van der Waals surface area (Å²) in [5, 5.41) is 0. The average molecular weight is 409 g/mol. The lowest BCUT2D eigenvalue weighted by molar-refractivity contribution is 0.379. The van der Waals surface area contributed by atoms with Crippen molar-refractivity contribution in [3.8, 4) is 0 Å². The summed E-state index contributed by atoms with van der Waals surface area (Å²) >= 11 is 0. The van der Waals surface area contributed by atoms with E-state index in [1.54, 1.807) is 0 Å². The van der Waals surface area contributed by atoms with Crippen molar-refractivity contribution >= 4 is 0 Å². The fourth-order valence-corrected chi connectivity index (χ4v) is 4.86. The van der Waals surface area contributed by atoms with Crippen LogP contribution in [0.25, 0.3) is 0 Å². The Morgan fingerprint density at radius 3 is 0.897 bits per heavy atom. The first-order valence-corrected chi connectivity index (χ1v) is 14.3. The van der Waals surface area contributed by atoms with E-state index in [1.807, 2.05) is 0 Å². The molecule has 0 heteroatoms. The molecule has 0 heterocycles. The van der Waals surface area contributed by atoms with E-state index in [0.717, 1.165) is 5.92 Å². The van der Waals surface area contributed by atoms with E-state index in [9.17, 15) is 0 Å². The van der Waals surface area contributed by atoms with Crippen molar-refractivity contribution in [3.63, 3.8) is 0 Å². The summed E-state index contributed by atoms with van der Waals surface area (Å²) < 4.78 is 0. The maximum Gasteiger partial charge on any atom is -0.0414 e. The first kappa shape index (κ1) is 29.0. The van der Waals surface area contributed by atoms with Crippen LogP contribution in [0.3, 0.4) is 0 Å². The van der Waals surface area contributed by atoms with Crippen molar-refractivity contribution in [1.29, 1.82) is 0 Å². The van der Waals surface area contributed by atoms with Gasteiger partial charge in [0.25, 0.3) is 0 Å². The van der Waals surface area contributed by atoms with E-state index in [1.165, 1.54) is 161 Å². The van der Waals surface area contributed by atoms with Crippen LogP contribution in [0, 0.1) is 5.92 Å². The predicted octanol–water partition coefficient (Wildman–Crippen LogP) is 11.4. The fourth-order valence-electron chi connectivity index (χ4n) is 4.86. The predicted molar refractivity (Wildman–Crippen MR) is 136 cm³/mol. The highest BCUT2D eigenvalue weighted by molar-refractivity contribution is 4.60. The lowest BCUT2D eigenvalue weighted by Crippen LogP contribution is -2.00. The van der Waals surface area contributed by atoms with Crippen molar-refractivity contribution in [2.24, 2.45) is 5.92 Å². The minimum absolute atomic E-state index is 1.03. The molecule has 0 amide bonds. The zero-order valence-corrected chi connectivity index (χ0v) is 21.3. The van der Waals surface area contributed by atoms with Crippen LogP contribution < -0.4 is 0 Å². The van der Waals surface area contributed by atoms with E-state index >= 15 is 0 Å². The molecule has 0 aromatic heterocycles. The van der Waals surface area contributed by atoms with E-state index in [4.69, 9.17) is 0 Å². The maximum atomic E-state index is 2.36. The summed E-state index contributed by atoms with van der Waals surface area (Å²) in [7, 11) is 0. The molecule has 0 fully saturated rings. The molecule has 0 rings (SSSR count). The molecule has 0 aromatic carbocycles. The van der Waals surface area contributed by atoms with Gasteiger partial charge in [0.2, 0.25) is 0 Å². The lowest BCUT2D eigenvalue weighted by atomic mass is 9.91. The van der Waals surface area contributed by atoms with Gasteiger partial charge in [0.1, 0.15) is 0 Å². The van der Waals surface area contributed by atoms with Crippen LogP contribution in [-0.2, 0) is 0 Å². The topological polar surface area (TPSA) is 0 Å². The third-order valence-electron chi connectivity index (χ3n) is 6.88. The van der Waals surface area contributed by atoms with Gasteiger partial charge < -0.3 is 0 Å². The lowest BCUT2D eigenvalue weighted by Gasteiger charge is -2.15. The van der Waals surface area contributed by atoms with Crippen LogP contribution in [0.2, 0.25) is 0 Å². The van der Waals surface area contributed by atoms with Gasteiger partial charge in [-0.05, 0) is 5.92 Å². The maximum absolute atomic E-state index is 2.36. The molecule has 1 atom stereocenters. The van der Waals surface area contributed by atoms with Crippen LogP contribution in [-0.4, -0.2) is 0 Å². The second-order valence-electron chi connectivity index (χ2n) is 9.95. The van der Waals surface area contributed by atoms with Gasteiger partial charge in [-0.15, -0.1) is 0 Å². The molecule has 0 spiro atoms. The number of hydrogen-bond donors (Lipinski definition) is 0. The van der Waals surface area contributed by atoms with Gasteiger partial charge >= 0.3 is 0 Å². The Bertz CT molecular complexity index is 269. The third-order valence-corrected chi connectivity index (χ3v) is 6.88. The largest absolute Gasteiger partial charge is 0.0654 e. The van der Waals surface area contributed by atoms with Gasteiger partial charge in [0.05, 0.1) is 0 Å². The standard InChI is InChI=1S/C29H60/c1-4-7-9-10-11-12-13-14-15-16-17-18-19-20-21-22-23-25-28-29(26-6-3)27-24-8-5-2/h29H,4-28H2,1-3H3. The van der Waals surface area contributed by atoms with Crippen molar-refractivity contribution in [2.75, 3.05) is 0 Å². The molecule has 0 saturated heterocycles. The highest BCUT2D eigenvalue weighted by atomic mass is 14.1. The van der Waals surface area contributed by atoms with Gasteiger partial charge in [-0.1, -0.05) is 181 Å². The van der Waals surface area contributed by atoms with Crippen LogP contribution in [0.15, 0.2) is 0 Å². The van der Waals surface area contributed by atoms with E-state index in [2.05, 4.69) is 20.8 Å². The van der Waals surface area contributed by atoms with Gasteiger partial charge in [-0.25, -0.2) is 0 Å². The van der Waals surface area contributed by atoms with E-state index < -0.39 is 0 Å². The molecule has 0 saturated carbocycles. The number of unbranched alkanes of at least 4 members (excludes halogenated alkanes) is 19. The molecule has 0 bridgehead atoms. The quantitative estimate of drug-likeness (QED) is 0.132. The Morgan fingerprint density at radius 2 is 0.552 bits per heavy atom. The van der Waals surface area contributed by atoms with Crippen LogP contribution >= 0.6 is 0 Å². The minimum Gasteiger partial charge on any atom is -0.0654 e. The van der Waals surface area contributed by atoms with Crippen molar-refractivity contribution < 1.29 is 0 Å². The second kappa shape index (κ2) is 26.0. The Balaban J connectivity index is 3.21. The van der Waals surface area contributed by atoms with Gasteiger partial charge in [-0.2, -0.15) is 0 Å². The van der Waals surface area contributed by atoms with Crippen molar-refractivity contribution in [2.45, 2.75) is 181 Å². The first-order valence-electron chi connectivity index (χ1n) is 14.3. The van der Waals surface area contributed by atoms with Crippen molar-refractivity contribution in [3.05, 3.63) is 0 Å². The summed E-state index contributed by atoms with van der Waals surface area (Å²) in [6.45, 7) is 6.99. The molecule has 1 unspecified atom stereocenters. The zero-order valence-electron chi connectivity index (χ0n) is 21.3. The summed E-state index contributed by atoms with van der Waals surface area (Å²) in [5.74, 6) is 1.03. The fraction of sp³-hybridized carbons (Fsp3) is 1.00. The Morgan fingerprint density at radius 1 is 0.276 bits per heavy atom. The molecule has 0 radical (unpaired) electrons. The van der Waals surface area contributed by atoms with Crippen LogP contribution in [0.5, 0.6) is 0 Å². The number of rotatable bonds is 25. The Kier molecular flexibility index (Phi) is 26.0. The second-order valence-corrected chi connectivity index (χ2v) is 9.95. The molecule has 0 aliphatic heterocycles. The highest BCUT2D eigenvalue weighted by Gasteiger charge is 2.07. The molecular weight excluding hydrogens is 348 g/mol. The average Bonchev–Trinajstić information content (AvgIpc) is 2.73. The molecular formula is C29H60. The molecule has 29 heavy (non-hydrogen) atoms. The van der Waals surface area contributed by atoms with Gasteiger partial charge in [-0.3, -0.25) is 0 Å². The summed E-state index contributed by atoms with van der Waals surface area (Å²) in [5.41, 5.74) is 0. The SMILES string of the molecule is CCCCCCCCCCCCCCCCCCCCC(CCC)CCCCC. The summed E-state index contributed by atoms with van der Waals surface area (Å²) in [6.07, 6.45) is 36.8. The molecule has 0 aromatic rings. The minimum atomic E-state index is 1.03. The molecule has 0 aliphatic rings.